The van der Waals surface area contributed by atoms with Crippen LogP contribution in [-0.4, -0.2) is 20.4 Å². The first-order chi connectivity index (χ1) is 14.6. The normalized spacial score (nSPS) is 11.4. The molecule has 0 aliphatic carbocycles. The van der Waals surface area contributed by atoms with Crippen molar-refractivity contribution in [1.29, 1.82) is 0 Å². The van der Waals surface area contributed by atoms with Gasteiger partial charge in [0.1, 0.15) is 0 Å². The molecule has 0 atom stereocenters. The summed E-state index contributed by atoms with van der Waals surface area (Å²) in [5, 5.41) is 6.40. The first-order valence-corrected chi connectivity index (χ1v) is 10.4. The number of nitrogens with zero attached hydrogens (tertiary/aromatic N) is 2. The number of para-hydroxylation sites is 3. The highest BCUT2D eigenvalue weighted by molar-refractivity contribution is 7.14. The minimum absolute atomic E-state index is 0.143. The molecule has 0 aliphatic heterocycles. The van der Waals surface area contributed by atoms with Gasteiger partial charge in [-0.15, -0.1) is 11.3 Å². The number of aromatic nitrogens is 3. The number of aryl methyl sites for hydroxylation is 2. The van der Waals surface area contributed by atoms with Crippen LogP contribution in [0, 0.1) is 6.92 Å². The van der Waals surface area contributed by atoms with Crippen molar-refractivity contribution in [2.45, 2.75) is 19.9 Å². The Morgan fingerprint density at radius 2 is 2.00 bits per heavy atom. The van der Waals surface area contributed by atoms with Gasteiger partial charge in [0.05, 0.1) is 11.2 Å². The third-order valence-corrected chi connectivity index (χ3v) is 5.79. The van der Waals surface area contributed by atoms with Gasteiger partial charge in [0.15, 0.2) is 10.7 Å². The van der Waals surface area contributed by atoms with Crippen molar-refractivity contribution >= 4 is 44.4 Å². The number of H-pyrrole nitrogens is 1. The monoisotopic (exact) mass is 418 g/mol. The van der Waals surface area contributed by atoms with E-state index < -0.39 is 5.76 Å². The molecular formula is C22H18N4O3S. The van der Waals surface area contributed by atoms with Crippen molar-refractivity contribution in [2.75, 3.05) is 5.32 Å². The number of carbonyl (C=O) groups is 1. The van der Waals surface area contributed by atoms with Gasteiger partial charge in [-0.1, -0.05) is 30.3 Å². The van der Waals surface area contributed by atoms with Crippen LogP contribution in [0.4, 0.5) is 5.13 Å². The lowest BCUT2D eigenvalue weighted by molar-refractivity contribution is -0.116. The zero-order chi connectivity index (χ0) is 20.7. The number of oxazole rings is 1. The van der Waals surface area contributed by atoms with Crippen molar-refractivity contribution in [3.8, 4) is 11.3 Å². The summed E-state index contributed by atoms with van der Waals surface area (Å²) in [6.45, 7) is 2.25. The second-order valence-corrected chi connectivity index (χ2v) is 7.85. The smallest absolute Gasteiger partial charge is 0.408 e. The average molecular weight is 418 g/mol. The Kier molecular flexibility index (Phi) is 4.48. The van der Waals surface area contributed by atoms with E-state index in [0.717, 1.165) is 27.9 Å². The number of rotatable bonds is 5. The highest BCUT2D eigenvalue weighted by Crippen LogP contribution is 2.33. The number of thiazole rings is 1. The van der Waals surface area contributed by atoms with Gasteiger partial charge >= 0.3 is 5.76 Å². The van der Waals surface area contributed by atoms with Gasteiger partial charge in [-0.05, 0) is 25.1 Å². The van der Waals surface area contributed by atoms with Crippen molar-refractivity contribution in [3.05, 3.63) is 70.2 Å². The Hall–Kier alpha value is -3.65. The molecule has 3 heterocycles. The Bertz CT molecular complexity index is 1440. The van der Waals surface area contributed by atoms with Crippen LogP contribution in [0.15, 0.2) is 63.1 Å². The van der Waals surface area contributed by atoms with Crippen molar-refractivity contribution in [1.82, 2.24) is 14.5 Å². The fourth-order valence-corrected chi connectivity index (χ4v) is 4.39. The van der Waals surface area contributed by atoms with E-state index in [9.17, 15) is 9.59 Å². The minimum Gasteiger partial charge on any atom is -0.408 e. The number of aromatic amines is 1. The van der Waals surface area contributed by atoms with E-state index >= 15 is 0 Å². The standard InChI is InChI=1S/C22H18N4O3S/c1-13-20(14-6-2-3-7-15(14)23-13)16-12-30-21(24-16)25-19(27)10-11-26-17-8-4-5-9-18(17)29-22(26)28/h2-9,12,23H,10-11H2,1H3,(H,24,25,27). The molecule has 0 radical (unpaired) electrons. The summed E-state index contributed by atoms with van der Waals surface area (Å²) in [6, 6.07) is 15.2. The number of anilines is 1. The zero-order valence-corrected chi connectivity index (χ0v) is 17.0. The first-order valence-electron chi connectivity index (χ1n) is 9.51. The van der Waals surface area contributed by atoms with E-state index in [4.69, 9.17) is 4.42 Å². The number of hydrogen-bond acceptors (Lipinski definition) is 5. The van der Waals surface area contributed by atoms with Crippen LogP contribution in [0.1, 0.15) is 12.1 Å². The van der Waals surface area contributed by atoms with Crippen LogP contribution >= 0.6 is 11.3 Å². The van der Waals surface area contributed by atoms with Crippen LogP contribution in [-0.2, 0) is 11.3 Å². The van der Waals surface area contributed by atoms with E-state index in [2.05, 4.69) is 21.4 Å². The lowest BCUT2D eigenvalue weighted by atomic mass is 10.1. The molecule has 0 bridgehead atoms. The number of amides is 1. The molecular weight excluding hydrogens is 400 g/mol. The van der Waals surface area contributed by atoms with Gasteiger partial charge in [0.25, 0.3) is 0 Å². The van der Waals surface area contributed by atoms with Crippen molar-refractivity contribution in [3.63, 3.8) is 0 Å². The molecule has 5 aromatic rings. The highest BCUT2D eigenvalue weighted by Gasteiger charge is 2.15. The third kappa shape index (κ3) is 3.21. The number of fused-ring (bicyclic) bond motifs is 2. The fourth-order valence-electron chi connectivity index (χ4n) is 3.67. The molecule has 8 heteroatoms. The second-order valence-electron chi connectivity index (χ2n) is 6.99. The molecule has 0 unspecified atom stereocenters. The molecule has 7 nitrogen and oxygen atoms in total. The molecule has 150 valence electrons. The van der Waals surface area contributed by atoms with E-state index in [1.165, 1.54) is 15.9 Å². The SMILES string of the molecule is Cc1[nH]c2ccccc2c1-c1csc(NC(=O)CCn2c(=O)oc3ccccc32)n1. The van der Waals surface area contributed by atoms with Crippen LogP contribution in [0.2, 0.25) is 0 Å². The van der Waals surface area contributed by atoms with Crippen molar-refractivity contribution in [2.24, 2.45) is 0 Å². The Labute approximate surface area is 175 Å². The van der Waals surface area contributed by atoms with Crippen molar-refractivity contribution < 1.29 is 9.21 Å². The summed E-state index contributed by atoms with van der Waals surface area (Å²) in [5.41, 5.74) is 5.15. The number of carbonyl (C=O) groups excluding carboxylic acids is 1. The zero-order valence-electron chi connectivity index (χ0n) is 16.1. The summed E-state index contributed by atoms with van der Waals surface area (Å²) in [5.74, 6) is -0.668. The van der Waals surface area contributed by atoms with Crippen LogP contribution < -0.4 is 11.1 Å². The summed E-state index contributed by atoms with van der Waals surface area (Å²) < 4.78 is 6.67. The molecule has 2 aromatic carbocycles. The molecule has 3 aromatic heterocycles. The summed E-state index contributed by atoms with van der Waals surface area (Å²) in [4.78, 5) is 32.4. The topological polar surface area (TPSA) is 92.9 Å². The number of nitrogens with one attached hydrogen (secondary N) is 2. The van der Waals surface area contributed by atoms with E-state index in [-0.39, 0.29) is 18.9 Å². The maximum Gasteiger partial charge on any atom is 0.419 e. The molecule has 0 saturated carbocycles. The molecule has 0 fully saturated rings. The molecule has 0 aliphatic rings. The minimum atomic E-state index is -0.463. The van der Waals surface area contributed by atoms with Gasteiger partial charge in [0, 0.05) is 40.5 Å². The molecule has 30 heavy (non-hydrogen) atoms. The fraction of sp³-hybridized carbons (Fsp3) is 0.136. The Morgan fingerprint density at radius 1 is 1.20 bits per heavy atom. The van der Waals surface area contributed by atoms with Crippen LogP contribution in [0.3, 0.4) is 0 Å². The lowest BCUT2D eigenvalue weighted by Gasteiger charge is -2.03. The van der Waals surface area contributed by atoms with Gasteiger partial charge in [-0.3, -0.25) is 9.36 Å². The second kappa shape index (κ2) is 7.31. The molecule has 0 spiro atoms. The Balaban J connectivity index is 1.31. The van der Waals surface area contributed by atoms with Gasteiger partial charge in [0.2, 0.25) is 5.91 Å². The maximum atomic E-state index is 12.4. The van der Waals surface area contributed by atoms with Crippen LogP contribution in [0.5, 0.6) is 0 Å². The number of hydrogen-bond donors (Lipinski definition) is 2. The predicted octanol–water partition coefficient (Wildman–Crippen LogP) is 4.54. The summed E-state index contributed by atoms with van der Waals surface area (Å²) >= 11 is 1.38. The third-order valence-electron chi connectivity index (χ3n) is 5.04. The molecule has 0 saturated heterocycles. The molecule has 1 amide bonds. The van der Waals surface area contributed by atoms with E-state index in [1.807, 2.05) is 36.6 Å². The summed E-state index contributed by atoms with van der Waals surface area (Å²) in [7, 11) is 0. The van der Waals surface area contributed by atoms with Crippen LogP contribution in [0.25, 0.3) is 33.3 Å². The number of benzene rings is 2. The van der Waals surface area contributed by atoms with Gasteiger partial charge < -0.3 is 14.7 Å². The van der Waals surface area contributed by atoms with Gasteiger partial charge in [-0.25, -0.2) is 9.78 Å². The predicted molar refractivity (Wildman–Crippen MR) is 118 cm³/mol. The average Bonchev–Trinajstić information content (AvgIpc) is 3.40. The Morgan fingerprint density at radius 3 is 2.90 bits per heavy atom. The quantitative estimate of drug-likeness (QED) is 0.438. The van der Waals surface area contributed by atoms with Gasteiger partial charge in [-0.2, -0.15) is 0 Å². The van der Waals surface area contributed by atoms with E-state index in [1.54, 1.807) is 18.2 Å². The largest absolute Gasteiger partial charge is 0.419 e. The molecule has 5 rings (SSSR count). The maximum absolute atomic E-state index is 12.4. The molecule has 2 N–H and O–H groups in total. The highest BCUT2D eigenvalue weighted by atomic mass is 32.1. The first kappa shape index (κ1) is 18.4. The summed E-state index contributed by atoms with van der Waals surface area (Å²) in [6.07, 6.45) is 0.143. The lowest BCUT2D eigenvalue weighted by Crippen LogP contribution is -2.19. The van der Waals surface area contributed by atoms with E-state index in [0.29, 0.717) is 16.2 Å².